The van der Waals surface area contributed by atoms with Gasteiger partial charge in [0.15, 0.2) is 0 Å². The number of carbonyl (C=O) groups excluding carboxylic acids is 1. The Morgan fingerprint density at radius 3 is 3.20 bits per heavy atom. The summed E-state index contributed by atoms with van der Waals surface area (Å²) in [7, 11) is 1.44. The van der Waals surface area contributed by atoms with Crippen LogP contribution < -0.4 is 5.32 Å². The van der Waals surface area contributed by atoms with Gasteiger partial charge in [0.2, 0.25) is 0 Å². The van der Waals surface area contributed by atoms with Gasteiger partial charge in [0.25, 0.3) is 0 Å². The summed E-state index contributed by atoms with van der Waals surface area (Å²) in [5.41, 5.74) is 1.12. The van der Waals surface area contributed by atoms with E-state index in [9.17, 15) is 4.79 Å². The van der Waals surface area contributed by atoms with E-state index in [2.05, 4.69) is 18.3 Å². The molecule has 0 spiro atoms. The number of nitrogens with one attached hydrogen (secondary N) is 1. The average molecular weight is 225 g/mol. The first-order chi connectivity index (χ1) is 7.26. The molecule has 1 unspecified atom stereocenters. The molecule has 1 aromatic heterocycles. The lowest BCUT2D eigenvalue weighted by Crippen LogP contribution is -2.34. The predicted molar refractivity (Wildman–Crippen MR) is 60.2 cm³/mol. The van der Waals surface area contributed by atoms with E-state index in [4.69, 9.17) is 4.74 Å². The van der Waals surface area contributed by atoms with Crippen LogP contribution in [0.4, 0.5) is 0 Å². The van der Waals surface area contributed by atoms with E-state index in [-0.39, 0.29) is 12.0 Å². The largest absolute Gasteiger partial charge is 0.468 e. The zero-order valence-corrected chi connectivity index (χ0v) is 9.82. The second kappa shape index (κ2) is 4.33. The van der Waals surface area contributed by atoms with Crippen LogP contribution in [0.25, 0.3) is 0 Å². The van der Waals surface area contributed by atoms with Crippen molar-refractivity contribution in [3.8, 4) is 0 Å². The highest BCUT2D eigenvalue weighted by Gasteiger charge is 2.28. The van der Waals surface area contributed by atoms with E-state index in [0.717, 1.165) is 24.9 Å². The molecule has 1 atom stereocenters. The molecule has 0 saturated carbocycles. The topological polar surface area (TPSA) is 38.3 Å². The summed E-state index contributed by atoms with van der Waals surface area (Å²) in [6.07, 6.45) is 2.05. The Balaban J connectivity index is 2.33. The maximum atomic E-state index is 11.5. The zero-order chi connectivity index (χ0) is 10.8. The monoisotopic (exact) mass is 225 g/mol. The van der Waals surface area contributed by atoms with E-state index >= 15 is 0 Å². The van der Waals surface area contributed by atoms with Gasteiger partial charge in [-0.1, -0.05) is 6.92 Å². The number of thiophene rings is 1. The van der Waals surface area contributed by atoms with Crippen LogP contribution in [0, 0.1) is 0 Å². The molecule has 2 heterocycles. The van der Waals surface area contributed by atoms with Crippen LogP contribution in [0.15, 0.2) is 6.07 Å². The minimum Gasteiger partial charge on any atom is -0.468 e. The molecule has 0 saturated heterocycles. The lowest BCUT2D eigenvalue weighted by atomic mass is 10.0. The summed E-state index contributed by atoms with van der Waals surface area (Å²) < 4.78 is 4.79. The number of esters is 1. The van der Waals surface area contributed by atoms with E-state index in [0.29, 0.717) is 0 Å². The van der Waals surface area contributed by atoms with E-state index in [1.54, 1.807) is 0 Å². The predicted octanol–water partition coefficient (Wildman–Crippen LogP) is 1.67. The van der Waals surface area contributed by atoms with Crippen LogP contribution in [0.2, 0.25) is 0 Å². The number of rotatable bonds is 2. The Morgan fingerprint density at radius 2 is 2.53 bits per heavy atom. The maximum Gasteiger partial charge on any atom is 0.327 e. The van der Waals surface area contributed by atoms with Crippen LogP contribution in [0.1, 0.15) is 28.3 Å². The van der Waals surface area contributed by atoms with E-state index in [1.807, 2.05) is 11.3 Å². The molecule has 4 heteroatoms. The first kappa shape index (κ1) is 10.6. The zero-order valence-electron chi connectivity index (χ0n) is 9.00. The number of hydrogen-bond donors (Lipinski definition) is 1. The second-order valence-electron chi connectivity index (χ2n) is 3.61. The summed E-state index contributed by atoms with van der Waals surface area (Å²) in [4.78, 5) is 14.2. The molecule has 0 bridgehead atoms. The van der Waals surface area contributed by atoms with Crippen molar-refractivity contribution in [2.24, 2.45) is 0 Å². The van der Waals surface area contributed by atoms with Gasteiger partial charge in [-0.05, 0) is 24.5 Å². The van der Waals surface area contributed by atoms with Crippen LogP contribution in [-0.4, -0.2) is 19.6 Å². The van der Waals surface area contributed by atoms with E-state index < -0.39 is 0 Å². The highest BCUT2D eigenvalue weighted by atomic mass is 32.1. The van der Waals surface area contributed by atoms with E-state index in [1.165, 1.54) is 16.9 Å². The van der Waals surface area contributed by atoms with Crippen molar-refractivity contribution in [2.75, 3.05) is 13.7 Å². The SMILES string of the molecule is CCc1cc2c(s1)CCNC2C(=O)OC. The fourth-order valence-electron chi connectivity index (χ4n) is 1.88. The number of hydrogen-bond acceptors (Lipinski definition) is 4. The van der Waals surface area contributed by atoms with Gasteiger partial charge in [-0.2, -0.15) is 0 Å². The molecule has 82 valence electrons. The number of carbonyl (C=O) groups is 1. The average Bonchev–Trinajstić information content (AvgIpc) is 2.70. The van der Waals surface area contributed by atoms with Crippen LogP contribution in [0.3, 0.4) is 0 Å². The standard InChI is InChI=1S/C11H15NO2S/c1-3-7-6-8-9(15-7)4-5-12-10(8)11(13)14-2/h6,10,12H,3-5H2,1-2H3. The van der Waals surface area contributed by atoms with Gasteiger partial charge in [0.05, 0.1) is 7.11 Å². The smallest absolute Gasteiger partial charge is 0.327 e. The molecule has 0 fully saturated rings. The third-order valence-electron chi connectivity index (χ3n) is 2.69. The molecule has 3 nitrogen and oxygen atoms in total. The highest BCUT2D eigenvalue weighted by Crippen LogP contribution is 2.31. The maximum absolute atomic E-state index is 11.5. The van der Waals surface area contributed by atoms with Crippen LogP contribution in [0.5, 0.6) is 0 Å². The van der Waals surface area contributed by atoms with Gasteiger partial charge in [-0.25, -0.2) is 4.79 Å². The first-order valence-electron chi connectivity index (χ1n) is 5.19. The normalized spacial score (nSPS) is 19.7. The molecule has 0 amide bonds. The Kier molecular flexibility index (Phi) is 3.07. The van der Waals surface area contributed by atoms with Crippen molar-refractivity contribution in [1.82, 2.24) is 5.32 Å². The van der Waals surface area contributed by atoms with Crippen LogP contribution in [-0.2, 0) is 22.4 Å². The summed E-state index contributed by atoms with van der Waals surface area (Å²) >= 11 is 1.82. The Hall–Kier alpha value is -0.870. The van der Waals surface area contributed by atoms with Crippen molar-refractivity contribution in [3.05, 3.63) is 21.4 Å². The highest BCUT2D eigenvalue weighted by molar-refractivity contribution is 7.12. The molecular formula is C11H15NO2S. The number of aryl methyl sites for hydroxylation is 1. The molecule has 0 aliphatic carbocycles. The molecule has 1 aliphatic heterocycles. The van der Waals surface area contributed by atoms with Crippen molar-refractivity contribution in [3.63, 3.8) is 0 Å². The first-order valence-corrected chi connectivity index (χ1v) is 6.00. The van der Waals surface area contributed by atoms with Crippen molar-refractivity contribution in [2.45, 2.75) is 25.8 Å². The summed E-state index contributed by atoms with van der Waals surface area (Å²) in [5, 5.41) is 3.20. The fourth-order valence-corrected chi connectivity index (χ4v) is 3.03. The summed E-state index contributed by atoms with van der Waals surface area (Å²) in [5.74, 6) is -0.184. The van der Waals surface area contributed by atoms with Crippen molar-refractivity contribution >= 4 is 17.3 Å². The third kappa shape index (κ3) is 1.92. The van der Waals surface area contributed by atoms with Gasteiger partial charge in [-0.3, -0.25) is 0 Å². The molecule has 15 heavy (non-hydrogen) atoms. The van der Waals surface area contributed by atoms with Crippen molar-refractivity contribution < 1.29 is 9.53 Å². The summed E-state index contributed by atoms with van der Waals surface area (Å²) in [6.45, 7) is 2.99. The number of fused-ring (bicyclic) bond motifs is 1. The molecule has 2 rings (SSSR count). The molecular weight excluding hydrogens is 210 g/mol. The molecule has 1 N–H and O–H groups in total. The van der Waals surface area contributed by atoms with Crippen LogP contribution >= 0.6 is 11.3 Å². The number of ether oxygens (including phenoxy) is 1. The second-order valence-corrected chi connectivity index (χ2v) is 4.83. The minimum absolute atomic E-state index is 0.184. The van der Waals surface area contributed by atoms with Gasteiger partial charge in [0, 0.05) is 16.3 Å². The molecule has 0 radical (unpaired) electrons. The Labute approximate surface area is 93.4 Å². The van der Waals surface area contributed by atoms with Gasteiger partial charge >= 0.3 is 5.97 Å². The minimum atomic E-state index is -0.254. The fraction of sp³-hybridized carbons (Fsp3) is 0.545. The lowest BCUT2D eigenvalue weighted by Gasteiger charge is -2.21. The quantitative estimate of drug-likeness (QED) is 0.778. The van der Waals surface area contributed by atoms with Gasteiger partial charge in [-0.15, -0.1) is 11.3 Å². The summed E-state index contributed by atoms with van der Waals surface area (Å²) in [6, 6.07) is 1.88. The third-order valence-corrected chi connectivity index (χ3v) is 4.04. The van der Waals surface area contributed by atoms with Gasteiger partial charge in [0.1, 0.15) is 6.04 Å². The Morgan fingerprint density at radius 1 is 1.73 bits per heavy atom. The van der Waals surface area contributed by atoms with Gasteiger partial charge < -0.3 is 10.1 Å². The van der Waals surface area contributed by atoms with Crippen molar-refractivity contribution in [1.29, 1.82) is 0 Å². The Bertz CT molecular complexity index is 373. The molecule has 1 aliphatic rings. The lowest BCUT2D eigenvalue weighted by molar-refractivity contribution is -0.143. The molecule has 0 aromatic carbocycles. The number of methoxy groups -OCH3 is 1. The molecule has 1 aromatic rings.